The van der Waals surface area contributed by atoms with Gasteiger partial charge in [-0.3, -0.25) is 19.2 Å². The highest BCUT2D eigenvalue weighted by atomic mass is 32.1. The van der Waals surface area contributed by atoms with Crippen molar-refractivity contribution in [1.29, 1.82) is 0 Å². The third kappa shape index (κ3) is 14.8. The topological polar surface area (TPSA) is 245 Å². The van der Waals surface area contributed by atoms with E-state index in [9.17, 15) is 28.8 Å². The molecular weight excluding hydrogens is 883 g/mol. The maximum absolute atomic E-state index is 13.9. The van der Waals surface area contributed by atoms with Gasteiger partial charge in [-0.1, -0.05) is 94.1 Å². The van der Waals surface area contributed by atoms with Gasteiger partial charge in [-0.25, -0.2) is 15.6 Å². The number of carbonyl (C=O) groups excluding carboxylic acids is 6. The number of thiazole rings is 1. The lowest BCUT2D eigenvalue weighted by Crippen LogP contribution is -2.36. The molecule has 1 atom stereocenters. The first-order valence-corrected chi connectivity index (χ1v) is 23.7. The minimum Gasteiger partial charge on any atom is -0.464 e. The van der Waals surface area contributed by atoms with Gasteiger partial charge in [0.1, 0.15) is 22.7 Å². The second-order valence-electron chi connectivity index (χ2n) is 16.9. The van der Waals surface area contributed by atoms with Crippen molar-refractivity contribution < 1.29 is 33.5 Å². The van der Waals surface area contributed by atoms with Crippen molar-refractivity contribution in [2.75, 3.05) is 23.9 Å². The number of aromatic nitrogens is 1. The van der Waals surface area contributed by atoms with Crippen LogP contribution in [-0.2, 0) is 35.3 Å². The molecule has 3 aromatic carbocycles. The van der Waals surface area contributed by atoms with Gasteiger partial charge in [0.2, 0.25) is 11.8 Å². The summed E-state index contributed by atoms with van der Waals surface area (Å²) in [4.78, 5) is 80.2. The fourth-order valence-electron chi connectivity index (χ4n) is 8.06. The summed E-state index contributed by atoms with van der Waals surface area (Å²) in [5.74, 6) is 4.60. The number of hydrazine groups is 1. The monoisotopic (exact) mass is 945 g/mol. The van der Waals surface area contributed by atoms with Gasteiger partial charge in [-0.15, -0.1) is 11.3 Å². The van der Waals surface area contributed by atoms with Gasteiger partial charge in [0.25, 0.3) is 11.8 Å². The molecule has 1 aliphatic carbocycles. The first kappa shape index (κ1) is 52.0. The standard InChI is InChI=1S/C42H44N8O7S.C9H19N/c1-26(39(54)46-27(2)42(56)57-3)45-40(55)33-25-58-41(48-33)28-16-18-30(19-17-28)47-35(52)20-21-36(53)49-24-29-12-6-7-13-31(29)38(50(44)22-10-4-5-11-23-51)37(43)32-14-8-9-15-34(32)49;1-8(10)7-9-5-3-2-4-6-9/h6-9,12-19,23,25H,1-2,4-5,10-11,20-22,24,43-44H2,3H3,(H,45,55)(H,46,54)(H,47,52);8-9H,2-7,10H2,1H3/b38-37-;/t;8-/m.1/s1. The predicted octanol–water partition coefficient (Wildman–Crippen LogP) is 7.15. The Bertz CT molecular complexity index is 2480. The van der Waals surface area contributed by atoms with Gasteiger partial charge in [0, 0.05) is 59.6 Å². The van der Waals surface area contributed by atoms with Crippen molar-refractivity contribution in [2.45, 2.75) is 96.6 Å². The molecule has 2 heterocycles. The number of esters is 1. The molecule has 1 saturated carbocycles. The van der Waals surface area contributed by atoms with Crippen molar-refractivity contribution in [3.63, 3.8) is 0 Å². The van der Waals surface area contributed by atoms with Crippen molar-refractivity contribution in [3.05, 3.63) is 125 Å². The fourth-order valence-corrected chi connectivity index (χ4v) is 8.87. The van der Waals surface area contributed by atoms with Crippen LogP contribution in [0.4, 0.5) is 11.4 Å². The smallest absolute Gasteiger partial charge is 0.353 e. The van der Waals surface area contributed by atoms with E-state index in [2.05, 4.69) is 45.8 Å². The van der Waals surface area contributed by atoms with Crippen LogP contribution in [0.1, 0.15) is 111 Å². The second kappa shape index (κ2) is 25.8. The number of methoxy groups -OCH3 is 1. The molecule has 68 heavy (non-hydrogen) atoms. The number of carbonyl (C=O) groups is 6. The van der Waals surface area contributed by atoms with Crippen molar-refractivity contribution in [2.24, 2.45) is 23.2 Å². The molecule has 9 N–H and O–H groups in total. The maximum atomic E-state index is 13.9. The zero-order chi connectivity index (χ0) is 49.2. The predicted molar refractivity (Wildman–Crippen MR) is 267 cm³/mol. The molecular formula is C51H63N9O7S. The number of amides is 4. The molecule has 1 fully saturated rings. The number of hydrogen-bond acceptors (Lipinski definition) is 13. The van der Waals surface area contributed by atoms with E-state index in [0.29, 0.717) is 57.9 Å². The highest BCUT2D eigenvalue weighted by Gasteiger charge is 2.28. The summed E-state index contributed by atoms with van der Waals surface area (Å²) >= 11 is 1.19. The average molecular weight is 946 g/mol. The Morgan fingerprint density at radius 3 is 2.29 bits per heavy atom. The highest BCUT2D eigenvalue weighted by Crippen LogP contribution is 2.37. The zero-order valence-corrected chi connectivity index (χ0v) is 39.7. The molecule has 1 aromatic heterocycles. The van der Waals surface area contributed by atoms with Crippen LogP contribution in [0.15, 0.2) is 103 Å². The van der Waals surface area contributed by atoms with Crippen LogP contribution in [0, 0.1) is 5.92 Å². The van der Waals surface area contributed by atoms with Crippen molar-refractivity contribution >= 4 is 70.0 Å². The number of nitrogens with zero attached hydrogens (tertiary/aromatic N) is 3. The van der Waals surface area contributed by atoms with Crippen LogP contribution in [0.5, 0.6) is 0 Å². The summed E-state index contributed by atoms with van der Waals surface area (Å²) in [6.07, 6.45) is 12.1. The number of ether oxygens (including phenoxy) is 1. The van der Waals surface area contributed by atoms with E-state index in [4.69, 9.17) is 17.3 Å². The summed E-state index contributed by atoms with van der Waals surface area (Å²) in [6.45, 7) is 9.78. The minimum atomic E-state index is -0.846. The number of anilines is 2. The van der Waals surface area contributed by atoms with Gasteiger partial charge in [0.15, 0.2) is 0 Å². The summed E-state index contributed by atoms with van der Waals surface area (Å²) < 4.78 is 4.48. The number of fused-ring (bicyclic) bond motifs is 2. The Morgan fingerprint density at radius 1 is 0.912 bits per heavy atom. The lowest BCUT2D eigenvalue weighted by molar-refractivity contribution is -0.137. The van der Waals surface area contributed by atoms with E-state index in [1.807, 2.05) is 48.5 Å². The molecule has 0 bridgehead atoms. The van der Waals surface area contributed by atoms with Crippen LogP contribution >= 0.6 is 11.3 Å². The van der Waals surface area contributed by atoms with Crippen LogP contribution in [-0.4, -0.2) is 65.6 Å². The number of para-hydroxylation sites is 1. The van der Waals surface area contributed by atoms with E-state index >= 15 is 0 Å². The maximum Gasteiger partial charge on any atom is 0.353 e. The van der Waals surface area contributed by atoms with E-state index in [0.717, 1.165) is 49.7 Å². The third-order valence-corrected chi connectivity index (χ3v) is 12.4. The fraction of sp³-hybridized carbons (Fsp3) is 0.353. The molecule has 1 aliphatic heterocycles. The van der Waals surface area contributed by atoms with Crippen molar-refractivity contribution in [1.82, 2.24) is 20.6 Å². The number of aldehydes is 1. The Labute approximate surface area is 402 Å². The van der Waals surface area contributed by atoms with Crippen LogP contribution in [0.25, 0.3) is 22.0 Å². The average Bonchev–Trinajstić information content (AvgIpc) is 3.83. The number of unbranched alkanes of at least 4 members (excludes halogenated alkanes) is 3. The molecule has 0 radical (unpaired) electrons. The van der Waals surface area contributed by atoms with Crippen molar-refractivity contribution in [3.8, 4) is 10.6 Å². The molecule has 4 aromatic rings. The Balaban J connectivity index is 0.000000765. The highest BCUT2D eigenvalue weighted by molar-refractivity contribution is 7.13. The molecule has 4 amide bonds. The van der Waals surface area contributed by atoms with E-state index < -0.39 is 17.8 Å². The largest absolute Gasteiger partial charge is 0.464 e. The van der Waals surface area contributed by atoms with E-state index in [-0.39, 0.29) is 48.3 Å². The molecule has 0 spiro atoms. The van der Waals surface area contributed by atoms with Gasteiger partial charge >= 0.3 is 5.97 Å². The van der Waals surface area contributed by atoms with Crippen LogP contribution < -0.4 is 38.2 Å². The van der Waals surface area contributed by atoms with E-state index in [1.54, 1.807) is 34.2 Å². The van der Waals surface area contributed by atoms with Crippen LogP contribution in [0.2, 0.25) is 0 Å². The summed E-state index contributed by atoms with van der Waals surface area (Å²) in [6, 6.07) is 22.2. The first-order chi connectivity index (χ1) is 32.7. The molecule has 2 aliphatic rings. The molecule has 17 heteroatoms. The lowest BCUT2D eigenvalue weighted by Gasteiger charge is -2.33. The first-order valence-electron chi connectivity index (χ1n) is 22.8. The summed E-state index contributed by atoms with van der Waals surface area (Å²) in [7, 11) is 1.13. The zero-order valence-electron chi connectivity index (χ0n) is 38.9. The number of hydrogen-bond donors (Lipinski definition) is 6. The minimum absolute atomic E-state index is 0.0352. The van der Waals surface area contributed by atoms with Crippen LogP contribution in [0.3, 0.4) is 0 Å². The molecule has 360 valence electrons. The summed E-state index contributed by atoms with van der Waals surface area (Å²) in [5, 5.41) is 11.0. The Hall–Kier alpha value is -6.95. The van der Waals surface area contributed by atoms with Gasteiger partial charge in [0.05, 0.1) is 36.4 Å². The molecule has 6 rings (SSSR count). The molecule has 0 unspecified atom stereocenters. The molecule has 16 nitrogen and oxygen atoms in total. The quantitative estimate of drug-likeness (QED) is 0.0137. The Kier molecular flexibility index (Phi) is 19.8. The van der Waals surface area contributed by atoms with Gasteiger partial charge < -0.3 is 46.9 Å². The Morgan fingerprint density at radius 2 is 1.60 bits per heavy atom. The van der Waals surface area contributed by atoms with Gasteiger partial charge in [-0.05, 0) is 68.0 Å². The second-order valence-corrected chi connectivity index (χ2v) is 17.7. The summed E-state index contributed by atoms with van der Waals surface area (Å²) in [5.41, 5.74) is 17.1. The number of nitrogens with one attached hydrogen (secondary N) is 3. The lowest BCUT2D eigenvalue weighted by atomic mass is 9.85. The normalized spacial score (nSPS) is 14.8. The SMILES string of the molecule is C=C(NC(=O)c1csc(-c2ccc(NC(=O)CCC(=O)N3Cc4ccccc4/C(N(N)CCCCCC=O)=C(/N)c4ccccc43)cc2)n1)C(=O)NC(=C)C(=O)OC.C[C@@H](N)CC1CCCCC1. The third-order valence-electron chi connectivity index (χ3n) is 11.5. The molecule has 0 saturated heterocycles. The number of benzene rings is 3. The van der Waals surface area contributed by atoms with Gasteiger partial charge in [-0.2, -0.15) is 0 Å². The number of rotatable bonds is 19. The number of nitrogens with two attached hydrogens (primary N) is 3. The van der Waals surface area contributed by atoms with E-state index in [1.165, 1.54) is 55.2 Å².